The van der Waals surface area contributed by atoms with Crippen LogP contribution in [-0.2, 0) is 28.7 Å². The van der Waals surface area contributed by atoms with Gasteiger partial charge in [0, 0.05) is 30.2 Å². The molecule has 0 radical (unpaired) electrons. The molecule has 6 atom stereocenters. The van der Waals surface area contributed by atoms with Crippen LogP contribution in [0.15, 0.2) is 72.8 Å². The van der Waals surface area contributed by atoms with Gasteiger partial charge in [0.15, 0.2) is 0 Å². The number of halogens is 1. The minimum atomic E-state index is -0.849. The van der Waals surface area contributed by atoms with E-state index in [0.29, 0.717) is 50.1 Å². The van der Waals surface area contributed by atoms with Crippen molar-refractivity contribution in [2.75, 3.05) is 42.8 Å². The summed E-state index contributed by atoms with van der Waals surface area (Å²) >= 11 is 0. The van der Waals surface area contributed by atoms with Crippen LogP contribution in [0, 0.1) is 17.7 Å². The maximum atomic E-state index is 14.3. The van der Waals surface area contributed by atoms with Crippen LogP contribution in [0.25, 0.3) is 0 Å². The highest BCUT2D eigenvalue weighted by Gasteiger charge is 2.41. The van der Waals surface area contributed by atoms with E-state index in [1.54, 1.807) is 24.3 Å². The van der Waals surface area contributed by atoms with Crippen molar-refractivity contribution >= 4 is 52.9 Å². The van der Waals surface area contributed by atoms with Gasteiger partial charge >= 0.3 is 12.2 Å². The molecule has 6 amide bonds. The average molecular weight is 856 g/mol. The molecular weight excluding hydrogens is 798 g/mol. The van der Waals surface area contributed by atoms with E-state index in [2.05, 4.69) is 26.2 Å². The molecule has 62 heavy (non-hydrogen) atoms. The van der Waals surface area contributed by atoms with E-state index < -0.39 is 36.4 Å². The quantitative estimate of drug-likeness (QED) is 0.149. The van der Waals surface area contributed by atoms with Crippen molar-refractivity contribution in [3.63, 3.8) is 0 Å². The zero-order valence-corrected chi connectivity index (χ0v) is 36.2. The average Bonchev–Trinajstić information content (AvgIpc) is 4.05. The summed E-state index contributed by atoms with van der Waals surface area (Å²) in [6.45, 7) is 8.05. The van der Waals surface area contributed by atoms with Gasteiger partial charge in [-0.1, -0.05) is 52.0 Å². The summed E-state index contributed by atoms with van der Waals surface area (Å²) in [7, 11) is 2.47. The van der Waals surface area contributed by atoms with Crippen molar-refractivity contribution < 1.29 is 42.6 Å². The van der Waals surface area contributed by atoms with Gasteiger partial charge in [-0.25, -0.2) is 14.0 Å². The molecule has 332 valence electrons. The number of carbonyl (C=O) groups excluding carboxylic acids is 6. The number of alkyl carbamates (subject to hydrolysis) is 2. The highest BCUT2D eigenvalue weighted by Crippen LogP contribution is 2.47. The lowest BCUT2D eigenvalue weighted by molar-refractivity contribution is -0.139. The van der Waals surface area contributed by atoms with Crippen LogP contribution in [0.4, 0.5) is 31.0 Å². The Morgan fingerprint density at radius 3 is 1.42 bits per heavy atom. The molecular formula is C46H58FN7O8. The van der Waals surface area contributed by atoms with Gasteiger partial charge in [-0.3, -0.25) is 19.2 Å². The number of nitrogens with one attached hydrogen (secondary N) is 4. The van der Waals surface area contributed by atoms with E-state index in [-0.39, 0.29) is 53.4 Å². The standard InChI is InChI=1S/C46H58FN7O8/c1-27(2)39(50-45(59)61-5)43(57)52-23-9-15-37(52)41(55)48-32-13-7-11-29(25-32)35-21-22-36(54(35)34-19-17-31(47)18-20-34)30-12-8-14-33(26-30)49-42(56)38-16-10-24-53(38)44(58)40(28(3)4)51-46(60)62-6/h7-8,11-14,17-20,25-28,35-40H,9-10,15-16,21-24H2,1-6H3,(H,48,55)(H,49,56)(H,50,59)(H,51,60)/t35?,36?,37-,38-,39-,40-/m0/s1. The van der Waals surface area contributed by atoms with Crippen LogP contribution >= 0.6 is 0 Å². The Labute approximate surface area is 362 Å². The monoisotopic (exact) mass is 855 g/mol. The fourth-order valence-corrected chi connectivity index (χ4v) is 8.90. The summed E-state index contributed by atoms with van der Waals surface area (Å²) in [6, 6.07) is 18.0. The van der Waals surface area contributed by atoms with E-state index in [1.165, 1.54) is 36.2 Å². The number of amides is 6. The number of rotatable bonds is 13. The SMILES string of the molecule is COC(=O)N[C@H](C(=O)N1CCC[C@H]1C(=O)Nc1cccc(C2CCC(c3cccc(NC(=O)[C@@H]4CCCN4C(=O)[C@@H](NC(=O)OC)C(C)C)c3)N2c2ccc(F)cc2)c1)C(C)C. The molecule has 15 nitrogen and oxygen atoms in total. The van der Waals surface area contributed by atoms with Gasteiger partial charge in [0.05, 0.1) is 26.3 Å². The van der Waals surface area contributed by atoms with E-state index in [4.69, 9.17) is 9.47 Å². The Kier molecular flexibility index (Phi) is 14.7. The summed E-state index contributed by atoms with van der Waals surface area (Å²) in [6.07, 6.45) is 2.25. The largest absolute Gasteiger partial charge is 0.453 e. The van der Waals surface area contributed by atoms with Gasteiger partial charge in [0.25, 0.3) is 0 Å². The van der Waals surface area contributed by atoms with Gasteiger partial charge in [-0.15, -0.1) is 0 Å². The topological polar surface area (TPSA) is 179 Å². The van der Waals surface area contributed by atoms with E-state index in [0.717, 1.165) is 29.7 Å². The molecule has 3 fully saturated rings. The first-order valence-corrected chi connectivity index (χ1v) is 21.4. The first-order chi connectivity index (χ1) is 29.7. The molecule has 16 heteroatoms. The fourth-order valence-electron chi connectivity index (χ4n) is 8.90. The summed E-state index contributed by atoms with van der Waals surface area (Å²) in [5.41, 5.74) is 3.77. The molecule has 0 saturated carbocycles. The second-order valence-electron chi connectivity index (χ2n) is 16.8. The number of hydrogen-bond acceptors (Lipinski definition) is 9. The minimum Gasteiger partial charge on any atom is -0.453 e. The third-order valence-electron chi connectivity index (χ3n) is 12.0. The smallest absolute Gasteiger partial charge is 0.407 e. The van der Waals surface area contributed by atoms with Crippen molar-refractivity contribution in [3.05, 3.63) is 89.7 Å². The highest BCUT2D eigenvalue weighted by molar-refractivity contribution is 6.00. The second-order valence-corrected chi connectivity index (χ2v) is 16.8. The summed E-state index contributed by atoms with van der Waals surface area (Å²) in [4.78, 5) is 84.2. The van der Waals surface area contributed by atoms with Crippen molar-refractivity contribution in [2.24, 2.45) is 11.8 Å². The van der Waals surface area contributed by atoms with Gasteiger partial charge in [-0.05, 0) is 110 Å². The van der Waals surface area contributed by atoms with Gasteiger partial charge < -0.3 is 45.4 Å². The third kappa shape index (κ3) is 10.3. The maximum Gasteiger partial charge on any atom is 0.407 e. The van der Waals surface area contributed by atoms with Crippen molar-refractivity contribution in [3.8, 4) is 0 Å². The number of carbonyl (C=O) groups is 6. The lowest BCUT2D eigenvalue weighted by atomic mass is 10.0. The molecule has 0 spiro atoms. The Hall–Kier alpha value is -6.19. The first kappa shape index (κ1) is 45.3. The molecule has 3 aliphatic heterocycles. The van der Waals surface area contributed by atoms with Gasteiger partial charge in [-0.2, -0.15) is 0 Å². The fraction of sp³-hybridized carbons (Fsp3) is 0.478. The molecule has 3 aromatic carbocycles. The highest BCUT2D eigenvalue weighted by atomic mass is 19.1. The molecule has 3 aliphatic rings. The number of anilines is 3. The number of hydrogen-bond donors (Lipinski definition) is 4. The molecule has 3 aromatic rings. The van der Waals surface area contributed by atoms with Gasteiger partial charge in [0.1, 0.15) is 30.0 Å². The summed E-state index contributed by atoms with van der Waals surface area (Å²) in [5, 5.41) is 11.3. The Balaban J connectivity index is 1.19. The molecule has 0 bridgehead atoms. The van der Waals surface area contributed by atoms with Crippen LogP contribution in [0.3, 0.4) is 0 Å². The van der Waals surface area contributed by atoms with Crippen LogP contribution < -0.4 is 26.2 Å². The third-order valence-corrected chi connectivity index (χ3v) is 12.0. The van der Waals surface area contributed by atoms with E-state index in [1.807, 2.05) is 64.1 Å². The van der Waals surface area contributed by atoms with Crippen LogP contribution in [-0.4, -0.2) is 97.1 Å². The Morgan fingerprint density at radius 2 is 1.03 bits per heavy atom. The molecule has 6 rings (SSSR count). The van der Waals surface area contributed by atoms with E-state index in [9.17, 15) is 33.2 Å². The van der Waals surface area contributed by atoms with Crippen molar-refractivity contribution in [2.45, 2.75) is 102 Å². The normalized spacial score (nSPS) is 20.8. The number of likely N-dealkylation sites (tertiary alicyclic amines) is 2. The molecule has 3 saturated heterocycles. The molecule has 0 aliphatic carbocycles. The zero-order chi connectivity index (χ0) is 44.7. The summed E-state index contributed by atoms with van der Waals surface area (Å²) < 4.78 is 23.8. The van der Waals surface area contributed by atoms with Crippen molar-refractivity contribution in [1.82, 2.24) is 20.4 Å². The molecule has 4 N–H and O–H groups in total. The Morgan fingerprint density at radius 1 is 0.613 bits per heavy atom. The van der Waals surface area contributed by atoms with Crippen LogP contribution in [0.1, 0.15) is 89.4 Å². The maximum absolute atomic E-state index is 14.3. The number of benzene rings is 3. The second kappa shape index (κ2) is 20.1. The number of ether oxygens (including phenoxy) is 2. The predicted molar refractivity (Wildman–Crippen MR) is 232 cm³/mol. The molecule has 0 aromatic heterocycles. The zero-order valence-electron chi connectivity index (χ0n) is 36.2. The van der Waals surface area contributed by atoms with Gasteiger partial charge in [0.2, 0.25) is 23.6 Å². The summed E-state index contributed by atoms with van der Waals surface area (Å²) in [5.74, 6) is -2.16. The van der Waals surface area contributed by atoms with Crippen LogP contribution in [0.5, 0.6) is 0 Å². The predicted octanol–water partition coefficient (Wildman–Crippen LogP) is 6.53. The lowest BCUT2D eigenvalue weighted by Gasteiger charge is -2.34. The minimum absolute atomic E-state index is 0.174. The van der Waals surface area contributed by atoms with Crippen LogP contribution in [0.2, 0.25) is 0 Å². The first-order valence-electron chi connectivity index (χ1n) is 21.4. The number of nitrogens with zero attached hydrogens (tertiary/aromatic N) is 3. The Bertz CT molecular complexity index is 1990. The lowest BCUT2D eigenvalue weighted by Crippen LogP contribution is -2.54. The van der Waals surface area contributed by atoms with E-state index >= 15 is 0 Å². The molecule has 3 heterocycles. The number of methoxy groups -OCH3 is 2. The van der Waals surface area contributed by atoms with Crippen molar-refractivity contribution in [1.29, 1.82) is 0 Å². The molecule has 2 unspecified atom stereocenters.